The lowest BCUT2D eigenvalue weighted by Gasteiger charge is -2.46. The van der Waals surface area contributed by atoms with Gasteiger partial charge in [-0.25, -0.2) is 4.79 Å². The Balaban J connectivity index is 2.12. The molecule has 6 heteroatoms. The number of rotatable bonds is 2. The molecule has 0 bridgehead atoms. The van der Waals surface area contributed by atoms with Gasteiger partial charge in [0.25, 0.3) is 5.91 Å². The molecule has 1 aliphatic rings. The fourth-order valence-corrected chi connectivity index (χ4v) is 2.57. The van der Waals surface area contributed by atoms with E-state index in [2.05, 4.69) is 35.6 Å². The predicted octanol–water partition coefficient (Wildman–Crippen LogP) is 0.259. The van der Waals surface area contributed by atoms with Crippen molar-refractivity contribution in [1.82, 2.24) is 19.8 Å². The van der Waals surface area contributed by atoms with E-state index in [0.29, 0.717) is 18.8 Å². The number of aromatic nitrogens is 2. The van der Waals surface area contributed by atoms with Gasteiger partial charge in [0.15, 0.2) is 0 Å². The SMILES string of the molecule is CCN1CCN(C(=O)c2c[nH]c(=O)[nH]2)CC1(C)C. The van der Waals surface area contributed by atoms with Gasteiger partial charge in [-0.15, -0.1) is 0 Å². The van der Waals surface area contributed by atoms with Gasteiger partial charge in [0.05, 0.1) is 0 Å². The summed E-state index contributed by atoms with van der Waals surface area (Å²) in [4.78, 5) is 32.4. The number of hydrogen-bond acceptors (Lipinski definition) is 3. The van der Waals surface area contributed by atoms with E-state index in [1.165, 1.54) is 6.20 Å². The Labute approximate surface area is 106 Å². The summed E-state index contributed by atoms with van der Waals surface area (Å²) in [6.45, 7) is 9.62. The van der Waals surface area contributed by atoms with E-state index < -0.39 is 0 Å². The van der Waals surface area contributed by atoms with Crippen LogP contribution in [0.2, 0.25) is 0 Å². The van der Waals surface area contributed by atoms with Crippen LogP contribution in [-0.4, -0.2) is 57.4 Å². The fraction of sp³-hybridized carbons (Fsp3) is 0.667. The smallest absolute Gasteiger partial charge is 0.323 e. The highest BCUT2D eigenvalue weighted by atomic mass is 16.2. The standard InChI is InChI=1S/C12H20N4O2/c1-4-16-6-5-15(8-12(16,2)3)10(17)9-7-13-11(18)14-9/h7H,4-6,8H2,1-3H3,(H2,13,14,18). The summed E-state index contributed by atoms with van der Waals surface area (Å²) in [5.74, 6) is -0.114. The van der Waals surface area contributed by atoms with Gasteiger partial charge in [-0.3, -0.25) is 9.69 Å². The van der Waals surface area contributed by atoms with Crippen LogP contribution in [0.5, 0.6) is 0 Å². The van der Waals surface area contributed by atoms with Gasteiger partial charge < -0.3 is 14.9 Å². The Morgan fingerprint density at radius 1 is 1.44 bits per heavy atom. The molecule has 2 heterocycles. The maximum absolute atomic E-state index is 12.2. The molecule has 1 saturated heterocycles. The van der Waals surface area contributed by atoms with Crippen molar-refractivity contribution in [2.75, 3.05) is 26.2 Å². The highest BCUT2D eigenvalue weighted by molar-refractivity contribution is 5.92. The molecule has 1 fully saturated rings. The first-order chi connectivity index (χ1) is 8.44. The number of H-pyrrole nitrogens is 2. The number of carbonyl (C=O) groups excluding carboxylic acids is 1. The fourth-order valence-electron chi connectivity index (χ4n) is 2.57. The summed E-state index contributed by atoms with van der Waals surface area (Å²) in [7, 11) is 0. The lowest BCUT2D eigenvalue weighted by Crippen LogP contribution is -2.60. The van der Waals surface area contributed by atoms with E-state index >= 15 is 0 Å². The number of piperazine rings is 1. The van der Waals surface area contributed by atoms with Crippen LogP contribution in [-0.2, 0) is 0 Å². The molecule has 1 aliphatic heterocycles. The van der Waals surface area contributed by atoms with E-state index in [4.69, 9.17) is 0 Å². The minimum Gasteiger partial charge on any atom is -0.334 e. The monoisotopic (exact) mass is 252 g/mol. The normalized spacial score (nSPS) is 20.1. The summed E-state index contributed by atoms with van der Waals surface area (Å²) in [5.41, 5.74) is -0.0373. The van der Waals surface area contributed by atoms with E-state index in [9.17, 15) is 9.59 Å². The van der Waals surface area contributed by atoms with Gasteiger partial charge in [0.2, 0.25) is 0 Å². The average Bonchev–Trinajstić information content (AvgIpc) is 2.73. The Kier molecular flexibility index (Phi) is 3.30. The Bertz CT molecular complexity index is 488. The van der Waals surface area contributed by atoms with Gasteiger partial charge in [0.1, 0.15) is 5.69 Å². The summed E-state index contributed by atoms with van der Waals surface area (Å²) in [5, 5.41) is 0. The molecule has 1 aromatic rings. The Morgan fingerprint density at radius 3 is 2.67 bits per heavy atom. The molecule has 18 heavy (non-hydrogen) atoms. The molecule has 100 valence electrons. The van der Waals surface area contributed by atoms with Crippen molar-refractivity contribution in [3.63, 3.8) is 0 Å². The van der Waals surface area contributed by atoms with Crippen molar-refractivity contribution >= 4 is 5.91 Å². The third kappa shape index (κ3) is 2.33. The zero-order valence-corrected chi connectivity index (χ0v) is 11.1. The number of carbonyl (C=O) groups is 1. The third-order valence-electron chi connectivity index (χ3n) is 3.57. The number of nitrogens with zero attached hydrogens (tertiary/aromatic N) is 2. The largest absolute Gasteiger partial charge is 0.334 e. The summed E-state index contributed by atoms with van der Waals surface area (Å²) >= 11 is 0. The number of imidazole rings is 1. The van der Waals surface area contributed by atoms with Crippen LogP contribution in [0, 0.1) is 0 Å². The molecular weight excluding hydrogens is 232 g/mol. The second kappa shape index (κ2) is 4.61. The molecule has 2 rings (SSSR count). The van der Waals surface area contributed by atoms with Crippen molar-refractivity contribution in [1.29, 1.82) is 0 Å². The highest BCUT2D eigenvalue weighted by Crippen LogP contribution is 2.21. The number of nitrogens with one attached hydrogen (secondary N) is 2. The molecule has 6 nitrogen and oxygen atoms in total. The highest BCUT2D eigenvalue weighted by Gasteiger charge is 2.35. The molecule has 1 aromatic heterocycles. The third-order valence-corrected chi connectivity index (χ3v) is 3.57. The van der Waals surface area contributed by atoms with Gasteiger partial charge >= 0.3 is 5.69 Å². The van der Waals surface area contributed by atoms with E-state index in [1.807, 2.05) is 0 Å². The van der Waals surface area contributed by atoms with Crippen molar-refractivity contribution in [3.8, 4) is 0 Å². The Morgan fingerprint density at radius 2 is 2.17 bits per heavy atom. The minimum absolute atomic E-state index is 0.0285. The van der Waals surface area contributed by atoms with Crippen molar-refractivity contribution in [3.05, 3.63) is 22.4 Å². The lowest BCUT2D eigenvalue weighted by atomic mass is 9.98. The topological polar surface area (TPSA) is 72.2 Å². The first kappa shape index (κ1) is 12.9. The van der Waals surface area contributed by atoms with E-state index in [0.717, 1.165) is 13.1 Å². The van der Waals surface area contributed by atoms with Gasteiger partial charge in [-0.2, -0.15) is 0 Å². The van der Waals surface area contributed by atoms with Crippen molar-refractivity contribution in [2.24, 2.45) is 0 Å². The van der Waals surface area contributed by atoms with Gasteiger partial charge in [0, 0.05) is 31.4 Å². The molecule has 2 N–H and O–H groups in total. The van der Waals surface area contributed by atoms with E-state index in [1.54, 1.807) is 4.90 Å². The van der Waals surface area contributed by atoms with Gasteiger partial charge in [-0.05, 0) is 20.4 Å². The molecule has 0 unspecified atom stereocenters. The summed E-state index contributed by atoms with van der Waals surface area (Å²) < 4.78 is 0. The number of likely N-dealkylation sites (N-methyl/N-ethyl adjacent to an activating group) is 1. The summed E-state index contributed by atoms with van der Waals surface area (Å²) in [6.07, 6.45) is 1.43. The second-order valence-electron chi connectivity index (χ2n) is 5.28. The van der Waals surface area contributed by atoms with Crippen LogP contribution in [0.3, 0.4) is 0 Å². The van der Waals surface area contributed by atoms with Crippen LogP contribution >= 0.6 is 0 Å². The zero-order chi connectivity index (χ0) is 13.3. The quantitative estimate of drug-likeness (QED) is 0.793. The molecule has 1 amide bonds. The molecule has 0 atom stereocenters. The van der Waals surface area contributed by atoms with E-state index in [-0.39, 0.29) is 17.1 Å². The maximum Gasteiger partial charge on any atom is 0.323 e. The predicted molar refractivity (Wildman–Crippen MR) is 68.6 cm³/mol. The first-order valence-corrected chi connectivity index (χ1v) is 6.26. The number of amides is 1. The van der Waals surface area contributed by atoms with Crippen LogP contribution in [0.25, 0.3) is 0 Å². The van der Waals surface area contributed by atoms with Crippen LogP contribution in [0.15, 0.2) is 11.0 Å². The zero-order valence-electron chi connectivity index (χ0n) is 11.1. The number of hydrogen-bond donors (Lipinski definition) is 2. The molecule has 0 radical (unpaired) electrons. The minimum atomic E-state index is -0.343. The molecule has 0 saturated carbocycles. The molecule has 0 spiro atoms. The lowest BCUT2D eigenvalue weighted by molar-refractivity contribution is 0.0206. The van der Waals surface area contributed by atoms with Gasteiger partial charge in [-0.1, -0.05) is 6.92 Å². The van der Waals surface area contributed by atoms with Crippen LogP contribution in [0.1, 0.15) is 31.3 Å². The average molecular weight is 252 g/mol. The van der Waals surface area contributed by atoms with Crippen molar-refractivity contribution < 1.29 is 4.79 Å². The summed E-state index contributed by atoms with van der Waals surface area (Å²) in [6, 6.07) is 0. The molecular formula is C12H20N4O2. The first-order valence-electron chi connectivity index (χ1n) is 6.26. The molecule has 0 aromatic carbocycles. The second-order valence-corrected chi connectivity index (χ2v) is 5.28. The van der Waals surface area contributed by atoms with Crippen LogP contribution < -0.4 is 5.69 Å². The number of aromatic amines is 2. The van der Waals surface area contributed by atoms with Crippen molar-refractivity contribution in [2.45, 2.75) is 26.3 Å². The maximum atomic E-state index is 12.2. The molecule has 0 aliphatic carbocycles. The van der Waals surface area contributed by atoms with Crippen LogP contribution in [0.4, 0.5) is 0 Å². The Hall–Kier alpha value is -1.56.